The molecule has 0 aliphatic carbocycles. The molecule has 2 heterocycles. The molecule has 1 fully saturated rings. The number of carbonyl (C=O) groups is 1. The molecule has 7 nitrogen and oxygen atoms in total. The molecule has 2 amide bonds. The van der Waals surface area contributed by atoms with Crippen molar-refractivity contribution >= 4 is 6.03 Å². The van der Waals surface area contributed by atoms with Crippen molar-refractivity contribution in [1.82, 2.24) is 20.4 Å². The van der Waals surface area contributed by atoms with E-state index in [0.717, 1.165) is 25.0 Å². The lowest BCUT2D eigenvalue weighted by atomic mass is 10.0. The van der Waals surface area contributed by atoms with Crippen LogP contribution in [-0.4, -0.2) is 40.8 Å². The predicted octanol–water partition coefficient (Wildman–Crippen LogP) is 2.69. The summed E-state index contributed by atoms with van der Waals surface area (Å²) < 4.78 is 10.8. The highest BCUT2D eigenvalue weighted by Crippen LogP contribution is 2.29. The molecular weight excluding hydrogens is 308 g/mol. The van der Waals surface area contributed by atoms with Gasteiger partial charge in [0.25, 0.3) is 0 Å². The van der Waals surface area contributed by atoms with E-state index in [1.165, 1.54) is 0 Å². The van der Waals surface area contributed by atoms with Crippen LogP contribution in [0.5, 0.6) is 5.75 Å². The standard InChI is InChI=1S/C17H22N4O3/c1-13-19-16(24-20-13)15-9-5-6-11-21(15)17(22)18-10-12-23-14-7-3-2-4-8-14/h2-4,7-8,15H,5-6,9-12H2,1H3,(H,18,22)/t15-/m1/s1. The number of nitrogens with one attached hydrogen (secondary N) is 1. The fourth-order valence-electron chi connectivity index (χ4n) is 2.82. The van der Waals surface area contributed by atoms with Crippen LogP contribution in [0.1, 0.15) is 37.0 Å². The average molecular weight is 330 g/mol. The average Bonchev–Trinajstić information content (AvgIpc) is 3.06. The number of hydrogen-bond donors (Lipinski definition) is 1. The van der Waals surface area contributed by atoms with Crippen molar-refractivity contribution in [3.8, 4) is 5.75 Å². The quantitative estimate of drug-likeness (QED) is 0.853. The topological polar surface area (TPSA) is 80.5 Å². The number of urea groups is 1. The molecule has 3 rings (SSSR count). The third-order valence-corrected chi connectivity index (χ3v) is 3.98. The Kier molecular flexibility index (Phi) is 5.30. The number of aryl methyl sites for hydroxylation is 1. The van der Waals surface area contributed by atoms with Crippen LogP contribution in [-0.2, 0) is 0 Å². The molecule has 7 heteroatoms. The summed E-state index contributed by atoms with van der Waals surface area (Å²) in [6.07, 6.45) is 2.88. The van der Waals surface area contributed by atoms with E-state index in [0.29, 0.717) is 31.4 Å². The van der Waals surface area contributed by atoms with E-state index in [1.54, 1.807) is 11.8 Å². The number of hydrogen-bond acceptors (Lipinski definition) is 5. The van der Waals surface area contributed by atoms with Crippen molar-refractivity contribution in [3.05, 3.63) is 42.0 Å². The van der Waals surface area contributed by atoms with Crippen molar-refractivity contribution in [1.29, 1.82) is 0 Å². The number of benzene rings is 1. The minimum Gasteiger partial charge on any atom is -0.492 e. The van der Waals surface area contributed by atoms with Crippen molar-refractivity contribution in [2.75, 3.05) is 19.7 Å². The Bertz CT molecular complexity index is 659. The molecule has 1 saturated heterocycles. The molecule has 128 valence electrons. The molecule has 1 aliphatic rings. The smallest absolute Gasteiger partial charge is 0.318 e. The molecule has 1 aromatic carbocycles. The van der Waals surface area contributed by atoms with Crippen molar-refractivity contribution < 1.29 is 14.1 Å². The SMILES string of the molecule is Cc1noc([C@H]2CCCCN2C(=O)NCCOc2ccccc2)n1. The zero-order valence-corrected chi connectivity index (χ0v) is 13.8. The Morgan fingerprint density at radius 3 is 2.96 bits per heavy atom. The van der Waals surface area contributed by atoms with E-state index in [9.17, 15) is 4.79 Å². The largest absolute Gasteiger partial charge is 0.492 e. The van der Waals surface area contributed by atoms with E-state index in [2.05, 4.69) is 15.5 Å². The molecule has 1 N–H and O–H groups in total. The fraction of sp³-hybridized carbons (Fsp3) is 0.471. The molecule has 1 atom stereocenters. The third-order valence-electron chi connectivity index (χ3n) is 3.98. The molecule has 1 aromatic heterocycles. The summed E-state index contributed by atoms with van der Waals surface area (Å²) in [5.74, 6) is 1.90. The number of carbonyl (C=O) groups excluding carboxylic acids is 1. The zero-order valence-electron chi connectivity index (χ0n) is 13.8. The summed E-state index contributed by atoms with van der Waals surface area (Å²) in [6.45, 7) is 3.34. The summed E-state index contributed by atoms with van der Waals surface area (Å²) in [5.41, 5.74) is 0. The van der Waals surface area contributed by atoms with Gasteiger partial charge in [-0.05, 0) is 38.3 Å². The predicted molar refractivity (Wildman–Crippen MR) is 87.7 cm³/mol. The highest BCUT2D eigenvalue weighted by atomic mass is 16.5. The molecule has 0 spiro atoms. The van der Waals surface area contributed by atoms with Gasteiger partial charge >= 0.3 is 6.03 Å². The lowest BCUT2D eigenvalue weighted by Crippen LogP contribution is -2.45. The minimum absolute atomic E-state index is 0.118. The van der Waals surface area contributed by atoms with Crippen LogP contribution in [0.15, 0.2) is 34.9 Å². The number of amides is 2. The van der Waals surface area contributed by atoms with Gasteiger partial charge in [-0.3, -0.25) is 0 Å². The van der Waals surface area contributed by atoms with E-state index >= 15 is 0 Å². The number of ether oxygens (including phenoxy) is 1. The zero-order chi connectivity index (χ0) is 16.8. The summed E-state index contributed by atoms with van der Waals surface area (Å²) >= 11 is 0. The Morgan fingerprint density at radius 1 is 1.38 bits per heavy atom. The lowest BCUT2D eigenvalue weighted by molar-refractivity contribution is 0.131. The van der Waals surface area contributed by atoms with Gasteiger partial charge in [0.1, 0.15) is 18.4 Å². The van der Waals surface area contributed by atoms with Crippen LogP contribution < -0.4 is 10.1 Å². The second-order valence-electron chi connectivity index (χ2n) is 5.78. The number of nitrogens with zero attached hydrogens (tertiary/aromatic N) is 3. The number of aromatic nitrogens is 2. The Labute approximate surface area is 141 Å². The molecule has 24 heavy (non-hydrogen) atoms. The van der Waals surface area contributed by atoms with Crippen LogP contribution in [0.3, 0.4) is 0 Å². The fourth-order valence-corrected chi connectivity index (χ4v) is 2.82. The number of likely N-dealkylation sites (tertiary alicyclic amines) is 1. The van der Waals surface area contributed by atoms with Crippen LogP contribution in [0.4, 0.5) is 4.79 Å². The maximum absolute atomic E-state index is 12.5. The molecule has 1 aliphatic heterocycles. The summed E-state index contributed by atoms with van der Waals surface area (Å²) in [6, 6.07) is 9.28. The first-order valence-corrected chi connectivity index (χ1v) is 8.26. The summed E-state index contributed by atoms with van der Waals surface area (Å²) in [7, 11) is 0. The van der Waals surface area contributed by atoms with Gasteiger partial charge in [-0.25, -0.2) is 4.79 Å². The van der Waals surface area contributed by atoms with Crippen LogP contribution >= 0.6 is 0 Å². The number of piperidine rings is 1. The normalized spacial score (nSPS) is 17.5. The van der Waals surface area contributed by atoms with Crippen LogP contribution in [0.2, 0.25) is 0 Å². The van der Waals surface area contributed by atoms with Gasteiger partial charge in [0.2, 0.25) is 5.89 Å². The third kappa shape index (κ3) is 4.04. The molecule has 0 radical (unpaired) electrons. The second-order valence-corrected chi connectivity index (χ2v) is 5.78. The van der Waals surface area contributed by atoms with Gasteiger partial charge in [-0.1, -0.05) is 23.4 Å². The highest BCUT2D eigenvalue weighted by molar-refractivity contribution is 5.74. The van der Waals surface area contributed by atoms with Gasteiger partial charge in [0.15, 0.2) is 5.82 Å². The van der Waals surface area contributed by atoms with E-state index < -0.39 is 0 Å². The van der Waals surface area contributed by atoms with Crippen molar-refractivity contribution in [2.45, 2.75) is 32.2 Å². The van der Waals surface area contributed by atoms with E-state index in [1.807, 2.05) is 30.3 Å². The lowest BCUT2D eigenvalue weighted by Gasteiger charge is -2.33. The van der Waals surface area contributed by atoms with Crippen molar-refractivity contribution in [3.63, 3.8) is 0 Å². The molecule has 0 unspecified atom stereocenters. The highest BCUT2D eigenvalue weighted by Gasteiger charge is 2.31. The maximum atomic E-state index is 12.5. The first-order valence-electron chi connectivity index (χ1n) is 8.26. The van der Waals surface area contributed by atoms with Crippen LogP contribution in [0.25, 0.3) is 0 Å². The minimum atomic E-state index is -0.144. The molecular formula is C17H22N4O3. The molecule has 0 saturated carbocycles. The van der Waals surface area contributed by atoms with E-state index in [-0.39, 0.29) is 12.1 Å². The monoisotopic (exact) mass is 330 g/mol. The molecule has 0 bridgehead atoms. The Morgan fingerprint density at radius 2 is 2.21 bits per heavy atom. The van der Waals surface area contributed by atoms with Crippen LogP contribution in [0, 0.1) is 6.92 Å². The number of para-hydroxylation sites is 1. The summed E-state index contributed by atoms with van der Waals surface area (Å²) in [5, 5.41) is 6.73. The van der Waals surface area contributed by atoms with E-state index in [4.69, 9.17) is 9.26 Å². The maximum Gasteiger partial charge on any atom is 0.318 e. The first kappa shape index (κ1) is 16.3. The Hall–Kier alpha value is -2.57. The molecule has 2 aromatic rings. The van der Waals surface area contributed by atoms with Gasteiger partial charge in [0.05, 0.1) is 6.54 Å². The van der Waals surface area contributed by atoms with Gasteiger partial charge in [-0.15, -0.1) is 0 Å². The Balaban J connectivity index is 1.51. The first-order chi connectivity index (χ1) is 11.7. The number of rotatable bonds is 5. The van der Waals surface area contributed by atoms with Gasteiger partial charge in [0, 0.05) is 6.54 Å². The van der Waals surface area contributed by atoms with Crippen molar-refractivity contribution in [2.24, 2.45) is 0 Å². The van der Waals surface area contributed by atoms with Gasteiger partial charge < -0.3 is 19.5 Å². The van der Waals surface area contributed by atoms with Gasteiger partial charge in [-0.2, -0.15) is 4.98 Å². The summed E-state index contributed by atoms with van der Waals surface area (Å²) in [4.78, 5) is 18.5. The second kappa shape index (κ2) is 7.81.